The summed E-state index contributed by atoms with van der Waals surface area (Å²) in [6, 6.07) is 8.62. The fourth-order valence-corrected chi connectivity index (χ4v) is 6.18. The Balaban J connectivity index is 1.67. The molecule has 5 N–H and O–H groups in total. The standard InChI is InChI=1S/C20H22N4O4S2/c1-11-6-7-12(10-11)22-24-14-8-9-29-18(14)17(25)16(20(24)26)19-21-13-4-2-3-5-15(13)30(27,28)23-19/h2-5,8-9,11-12,22,25,27-28H,6-7,10H2,1H3,(H,21,23). The van der Waals surface area contributed by atoms with Gasteiger partial charge in [-0.05, 0) is 48.8 Å². The molecule has 2 unspecified atom stereocenters. The van der Waals surface area contributed by atoms with Crippen molar-refractivity contribution in [2.75, 3.05) is 10.7 Å². The van der Waals surface area contributed by atoms with Crippen molar-refractivity contribution in [3.63, 3.8) is 0 Å². The molecule has 3 heterocycles. The van der Waals surface area contributed by atoms with Crippen molar-refractivity contribution in [1.82, 2.24) is 4.68 Å². The zero-order valence-corrected chi connectivity index (χ0v) is 17.8. The molecule has 158 valence electrons. The molecule has 1 fully saturated rings. The molecule has 2 atom stereocenters. The molecule has 0 amide bonds. The zero-order chi connectivity index (χ0) is 21.0. The van der Waals surface area contributed by atoms with Crippen molar-refractivity contribution >= 4 is 43.9 Å². The lowest BCUT2D eigenvalue weighted by molar-refractivity contribution is 0.478. The second-order valence-electron chi connectivity index (χ2n) is 7.82. The molecule has 5 rings (SSSR count). The second kappa shape index (κ2) is 7.02. The second-order valence-corrected chi connectivity index (χ2v) is 10.4. The predicted molar refractivity (Wildman–Crippen MR) is 122 cm³/mol. The number of anilines is 1. The Morgan fingerprint density at radius 3 is 2.83 bits per heavy atom. The molecule has 0 spiro atoms. The van der Waals surface area contributed by atoms with E-state index < -0.39 is 16.3 Å². The van der Waals surface area contributed by atoms with Gasteiger partial charge in [0.25, 0.3) is 5.56 Å². The van der Waals surface area contributed by atoms with E-state index in [0.29, 0.717) is 21.8 Å². The summed E-state index contributed by atoms with van der Waals surface area (Å²) >= 11 is 1.31. The Bertz CT molecular complexity index is 1230. The number of nitrogens with zero attached hydrogens (tertiary/aromatic N) is 2. The quantitative estimate of drug-likeness (QED) is 0.407. The topological polar surface area (TPSA) is 119 Å². The largest absolute Gasteiger partial charge is 0.505 e. The van der Waals surface area contributed by atoms with E-state index in [1.54, 1.807) is 30.3 Å². The van der Waals surface area contributed by atoms with Gasteiger partial charge in [-0.3, -0.25) is 13.9 Å². The average Bonchev–Trinajstić information content (AvgIpc) is 3.34. The number of hydrogen-bond donors (Lipinski definition) is 5. The Morgan fingerprint density at radius 2 is 2.07 bits per heavy atom. The van der Waals surface area contributed by atoms with Gasteiger partial charge in [0.2, 0.25) is 0 Å². The van der Waals surface area contributed by atoms with Crippen molar-refractivity contribution < 1.29 is 14.2 Å². The Morgan fingerprint density at radius 1 is 1.27 bits per heavy atom. The van der Waals surface area contributed by atoms with Gasteiger partial charge in [-0.15, -0.1) is 15.7 Å². The van der Waals surface area contributed by atoms with E-state index in [0.717, 1.165) is 19.3 Å². The maximum atomic E-state index is 13.5. The smallest absolute Gasteiger partial charge is 0.284 e. The third-order valence-corrected chi connectivity index (χ3v) is 7.94. The summed E-state index contributed by atoms with van der Waals surface area (Å²) in [5.74, 6) is 0.312. The molecule has 0 radical (unpaired) electrons. The summed E-state index contributed by atoms with van der Waals surface area (Å²) in [5.41, 5.74) is 3.77. The van der Waals surface area contributed by atoms with Crippen LogP contribution in [0, 0.1) is 5.92 Å². The van der Waals surface area contributed by atoms with Crippen molar-refractivity contribution in [3.05, 3.63) is 51.6 Å². The molecule has 0 saturated heterocycles. The number of hydrogen-bond acceptors (Lipinski definition) is 8. The van der Waals surface area contributed by atoms with Gasteiger partial charge in [0, 0.05) is 6.04 Å². The molecule has 2 aliphatic rings. The normalized spacial score (nSPS) is 23.5. The average molecular weight is 447 g/mol. The first-order chi connectivity index (χ1) is 14.3. The van der Waals surface area contributed by atoms with Gasteiger partial charge < -0.3 is 15.8 Å². The molecule has 1 aliphatic heterocycles. The number of benzene rings is 1. The van der Waals surface area contributed by atoms with Crippen molar-refractivity contribution in [1.29, 1.82) is 0 Å². The first kappa shape index (κ1) is 19.4. The number of aromatic hydroxyl groups is 1. The molecule has 1 saturated carbocycles. The molecule has 0 bridgehead atoms. The third-order valence-electron chi connectivity index (χ3n) is 5.65. The molecule has 1 aromatic carbocycles. The highest BCUT2D eigenvalue weighted by Crippen LogP contribution is 2.55. The van der Waals surface area contributed by atoms with Gasteiger partial charge in [-0.25, -0.2) is 4.68 Å². The van der Waals surface area contributed by atoms with E-state index in [2.05, 4.69) is 22.1 Å². The van der Waals surface area contributed by atoms with Crippen LogP contribution in [0.15, 0.2) is 49.8 Å². The number of rotatable bonds is 3. The molecule has 10 heteroatoms. The first-order valence-corrected chi connectivity index (χ1v) is 12.1. The number of aromatic nitrogens is 1. The molecule has 8 nitrogen and oxygen atoms in total. The molecule has 1 aliphatic carbocycles. The highest BCUT2D eigenvalue weighted by molar-refractivity contribution is 8.23. The SMILES string of the molecule is CC1CCC(Nn2c(=O)c(C3=NS(O)(O)c4ccccc4N3)c(O)c3sccc32)C1. The molecular weight excluding hydrogens is 424 g/mol. The van der Waals surface area contributed by atoms with Crippen LogP contribution < -0.4 is 16.3 Å². The van der Waals surface area contributed by atoms with Crippen molar-refractivity contribution in [3.8, 4) is 5.75 Å². The lowest BCUT2D eigenvalue weighted by atomic mass is 10.1. The fraction of sp³-hybridized carbons (Fsp3) is 0.300. The molecule has 3 aromatic rings. The van der Waals surface area contributed by atoms with Crippen LogP contribution in [0.5, 0.6) is 5.75 Å². The zero-order valence-electron chi connectivity index (χ0n) is 16.2. The highest BCUT2D eigenvalue weighted by atomic mass is 32.3. The van der Waals surface area contributed by atoms with Crippen LogP contribution in [0.2, 0.25) is 0 Å². The summed E-state index contributed by atoms with van der Waals surface area (Å²) in [5, 5.41) is 15.7. The monoisotopic (exact) mass is 446 g/mol. The van der Waals surface area contributed by atoms with Crippen LogP contribution >= 0.6 is 22.1 Å². The first-order valence-electron chi connectivity index (χ1n) is 9.71. The Hall–Kier alpha value is -2.53. The van der Waals surface area contributed by atoms with Crippen molar-refractivity contribution in [2.24, 2.45) is 10.3 Å². The Labute approximate surface area is 178 Å². The van der Waals surface area contributed by atoms with Crippen LogP contribution in [0.25, 0.3) is 10.2 Å². The van der Waals surface area contributed by atoms with E-state index >= 15 is 0 Å². The van der Waals surface area contributed by atoms with E-state index in [-0.39, 0.29) is 28.1 Å². The minimum atomic E-state index is -3.51. The lowest BCUT2D eigenvalue weighted by Gasteiger charge is -2.34. The maximum absolute atomic E-state index is 13.5. The van der Waals surface area contributed by atoms with E-state index in [4.69, 9.17) is 0 Å². The lowest BCUT2D eigenvalue weighted by Crippen LogP contribution is -2.39. The number of fused-ring (bicyclic) bond motifs is 2. The van der Waals surface area contributed by atoms with Gasteiger partial charge in [-0.1, -0.05) is 29.8 Å². The van der Waals surface area contributed by atoms with Gasteiger partial charge in [-0.2, -0.15) is 0 Å². The molecular formula is C20H22N4O4S2. The summed E-state index contributed by atoms with van der Waals surface area (Å²) in [7, 11) is -3.51. The van der Waals surface area contributed by atoms with E-state index in [1.807, 2.05) is 5.38 Å². The highest BCUT2D eigenvalue weighted by Gasteiger charge is 2.31. The number of nitrogens with one attached hydrogen (secondary N) is 2. The number of para-hydroxylation sites is 1. The summed E-state index contributed by atoms with van der Waals surface area (Å²) < 4.78 is 27.1. The van der Waals surface area contributed by atoms with Gasteiger partial charge in [0.1, 0.15) is 10.5 Å². The number of amidine groups is 1. The van der Waals surface area contributed by atoms with Crippen LogP contribution in [-0.2, 0) is 0 Å². The fourth-order valence-electron chi connectivity index (χ4n) is 4.18. The van der Waals surface area contributed by atoms with Crippen LogP contribution in [0.1, 0.15) is 31.7 Å². The van der Waals surface area contributed by atoms with Crippen molar-refractivity contribution in [2.45, 2.75) is 37.1 Å². The third kappa shape index (κ3) is 3.07. The summed E-state index contributed by atoms with van der Waals surface area (Å²) in [6.07, 6.45) is 3.01. The molecule has 30 heavy (non-hydrogen) atoms. The van der Waals surface area contributed by atoms with Gasteiger partial charge >= 0.3 is 0 Å². The van der Waals surface area contributed by atoms with Gasteiger partial charge in [0.05, 0.1) is 15.9 Å². The predicted octanol–water partition coefficient (Wildman–Crippen LogP) is 4.40. The maximum Gasteiger partial charge on any atom is 0.284 e. The van der Waals surface area contributed by atoms with Crippen LogP contribution in [-0.4, -0.2) is 30.8 Å². The summed E-state index contributed by atoms with van der Waals surface area (Å²) in [6.45, 7) is 2.19. The number of thiophene rings is 1. The minimum Gasteiger partial charge on any atom is -0.505 e. The number of pyridine rings is 1. The van der Waals surface area contributed by atoms with E-state index in [9.17, 15) is 19.0 Å². The molecule has 2 aromatic heterocycles. The van der Waals surface area contributed by atoms with E-state index in [1.165, 1.54) is 16.0 Å². The van der Waals surface area contributed by atoms with Crippen LogP contribution in [0.3, 0.4) is 0 Å². The van der Waals surface area contributed by atoms with Crippen LogP contribution in [0.4, 0.5) is 5.69 Å². The van der Waals surface area contributed by atoms with Gasteiger partial charge in [0.15, 0.2) is 11.6 Å². The summed E-state index contributed by atoms with van der Waals surface area (Å²) in [4.78, 5) is 13.7. The Kier molecular flexibility index (Phi) is 4.55. The minimum absolute atomic E-state index is 0.0539.